The fourth-order valence-corrected chi connectivity index (χ4v) is 2.13. The molecule has 0 aliphatic carbocycles. The molecule has 19 heavy (non-hydrogen) atoms. The zero-order valence-electron chi connectivity index (χ0n) is 10.4. The average molecular weight is 275 g/mol. The minimum absolute atomic E-state index is 0.179. The van der Waals surface area contributed by atoms with Gasteiger partial charge in [-0.2, -0.15) is 13.2 Å². The zero-order chi connectivity index (χ0) is 13.9. The quantitative estimate of drug-likeness (QED) is 0.859. The second-order valence-corrected chi connectivity index (χ2v) is 4.36. The van der Waals surface area contributed by atoms with Gasteiger partial charge in [0, 0.05) is 5.56 Å². The number of halogens is 3. The van der Waals surface area contributed by atoms with E-state index in [1.165, 1.54) is 6.07 Å². The van der Waals surface area contributed by atoms with Gasteiger partial charge in [-0.3, -0.25) is 0 Å². The van der Waals surface area contributed by atoms with Crippen molar-refractivity contribution in [2.75, 3.05) is 19.8 Å². The van der Waals surface area contributed by atoms with Gasteiger partial charge in [0.15, 0.2) is 11.5 Å². The van der Waals surface area contributed by atoms with E-state index in [4.69, 9.17) is 15.2 Å². The molecule has 0 aromatic heterocycles. The molecule has 2 rings (SSSR count). The van der Waals surface area contributed by atoms with E-state index < -0.39 is 11.7 Å². The van der Waals surface area contributed by atoms with Crippen LogP contribution >= 0.6 is 0 Å². The molecule has 0 unspecified atom stereocenters. The molecule has 0 atom stereocenters. The summed E-state index contributed by atoms with van der Waals surface area (Å²) in [6.07, 6.45) is -2.81. The Bertz CT molecular complexity index is 446. The van der Waals surface area contributed by atoms with Crippen LogP contribution in [0.5, 0.6) is 11.5 Å². The molecule has 0 radical (unpaired) electrons. The third kappa shape index (κ3) is 3.12. The lowest BCUT2D eigenvalue weighted by Gasteiger charge is -2.24. The number of nitrogens with two attached hydrogens (primary N) is 1. The molecule has 1 aromatic rings. The molecule has 0 saturated heterocycles. The summed E-state index contributed by atoms with van der Waals surface area (Å²) in [6.45, 7) is 1.10. The maximum absolute atomic E-state index is 13.0. The topological polar surface area (TPSA) is 44.5 Å². The van der Waals surface area contributed by atoms with Crippen LogP contribution in [0.1, 0.15) is 24.0 Å². The van der Waals surface area contributed by atoms with E-state index in [1.54, 1.807) is 0 Å². The van der Waals surface area contributed by atoms with E-state index in [1.807, 2.05) is 0 Å². The minimum atomic E-state index is -4.38. The molecule has 2 N–H and O–H groups in total. The Morgan fingerprint density at radius 3 is 2.53 bits per heavy atom. The summed E-state index contributed by atoms with van der Waals surface area (Å²) in [7, 11) is 0. The summed E-state index contributed by atoms with van der Waals surface area (Å²) in [5, 5.41) is 0. The molecule has 3 nitrogen and oxygen atoms in total. The highest BCUT2D eigenvalue weighted by atomic mass is 19.4. The normalized spacial score (nSPS) is 14.5. The maximum atomic E-state index is 13.0. The molecular formula is C13H16F3NO2. The summed E-state index contributed by atoms with van der Waals surface area (Å²) < 4.78 is 49.7. The predicted molar refractivity (Wildman–Crippen MR) is 64.4 cm³/mol. The first-order valence-electron chi connectivity index (χ1n) is 6.23. The molecule has 0 fully saturated rings. The van der Waals surface area contributed by atoms with E-state index in [0.717, 1.165) is 6.07 Å². The molecule has 106 valence electrons. The van der Waals surface area contributed by atoms with Crippen LogP contribution in [0.3, 0.4) is 0 Å². The summed E-state index contributed by atoms with van der Waals surface area (Å²) >= 11 is 0. The van der Waals surface area contributed by atoms with Crippen LogP contribution in [0.15, 0.2) is 12.1 Å². The van der Waals surface area contributed by atoms with Crippen LogP contribution in [-0.2, 0) is 12.6 Å². The highest BCUT2D eigenvalue weighted by Gasteiger charge is 2.36. The predicted octanol–water partition coefficient (Wildman–Crippen LogP) is 2.76. The third-order valence-electron chi connectivity index (χ3n) is 3.00. The SMILES string of the molecule is NCCCCc1c(C(F)(F)F)ccc2c1OCCO2. The molecule has 1 heterocycles. The van der Waals surface area contributed by atoms with Gasteiger partial charge in [-0.05, 0) is 37.9 Å². The van der Waals surface area contributed by atoms with Gasteiger partial charge in [0.1, 0.15) is 13.2 Å². The molecule has 0 saturated carbocycles. The second kappa shape index (κ2) is 5.69. The van der Waals surface area contributed by atoms with Crippen LogP contribution in [0.2, 0.25) is 0 Å². The van der Waals surface area contributed by atoms with E-state index >= 15 is 0 Å². The number of unbranched alkanes of at least 4 members (excludes halogenated alkanes) is 1. The van der Waals surface area contributed by atoms with Crippen LogP contribution in [0.4, 0.5) is 13.2 Å². The number of hydrogen-bond acceptors (Lipinski definition) is 3. The number of benzene rings is 1. The Balaban J connectivity index is 2.37. The van der Waals surface area contributed by atoms with E-state index in [-0.39, 0.29) is 17.9 Å². The summed E-state index contributed by atoms with van der Waals surface area (Å²) in [5.41, 5.74) is 4.91. The Hall–Kier alpha value is -1.43. The van der Waals surface area contributed by atoms with Crippen molar-refractivity contribution in [3.63, 3.8) is 0 Å². The molecule has 0 bridgehead atoms. The number of alkyl halides is 3. The second-order valence-electron chi connectivity index (χ2n) is 4.36. The monoisotopic (exact) mass is 275 g/mol. The maximum Gasteiger partial charge on any atom is 0.416 e. The van der Waals surface area contributed by atoms with E-state index in [0.29, 0.717) is 38.2 Å². The van der Waals surface area contributed by atoms with Gasteiger partial charge >= 0.3 is 6.18 Å². The van der Waals surface area contributed by atoms with Crippen molar-refractivity contribution in [3.8, 4) is 11.5 Å². The van der Waals surface area contributed by atoms with Crippen molar-refractivity contribution in [2.45, 2.75) is 25.4 Å². The molecule has 1 aliphatic rings. The first kappa shape index (κ1) is 14.0. The molecule has 0 spiro atoms. The number of ether oxygens (including phenoxy) is 2. The first-order valence-corrected chi connectivity index (χ1v) is 6.23. The van der Waals surface area contributed by atoms with Gasteiger partial charge in [-0.25, -0.2) is 0 Å². The summed E-state index contributed by atoms with van der Waals surface area (Å²) in [6, 6.07) is 2.38. The molecule has 1 aliphatic heterocycles. The van der Waals surface area contributed by atoms with Crippen LogP contribution in [0.25, 0.3) is 0 Å². The zero-order valence-corrected chi connectivity index (χ0v) is 10.4. The van der Waals surface area contributed by atoms with Crippen molar-refractivity contribution >= 4 is 0 Å². The Labute approximate surface area is 109 Å². The minimum Gasteiger partial charge on any atom is -0.486 e. The smallest absolute Gasteiger partial charge is 0.416 e. The van der Waals surface area contributed by atoms with Gasteiger partial charge in [0.25, 0.3) is 0 Å². The van der Waals surface area contributed by atoms with Crippen LogP contribution in [0, 0.1) is 0 Å². The molecule has 1 aromatic carbocycles. The average Bonchev–Trinajstić information content (AvgIpc) is 2.37. The lowest BCUT2D eigenvalue weighted by molar-refractivity contribution is -0.138. The van der Waals surface area contributed by atoms with Crippen LogP contribution in [-0.4, -0.2) is 19.8 Å². The first-order chi connectivity index (χ1) is 9.04. The van der Waals surface area contributed by atoms with Gasteiger partial charge in [-0.1, -0.05) is 0 Å². The van der Waals surface area contributed by atoms with E-state index in [9.17, 15) is 13.2 Å². The molecule has 6 heteroatoms. The van der Waals surface area contributed by atoms with Gasteiger partial charge in [-0.15, -0.1) is 0 Å². The van der Waals surface area contributed by atoms with Gasteiger partial charge < -0.3 is 15.2 Å². The largest absolute Gasteiger partial charge is 0.486 e. The summed E-state index contributed by atoms with van der Waals surface area (Å²) in [5.74, 6) is 0.625. The molecule has 0 amide bonds. The van der Waals surface area contributed by atoms with Gasteiger partial charge in [0.05, 0.1) is 5.56 Å². The fraction of sp³-hybridized carbons (Fsp3) is 0.538. The Kier molecular flexibility index (Phi) is 4.19. The fourth-order valence-electron chi connectivity index (χ4n) is 2.13. The number of fused-ring (bicyclic) bond motifs is 1. The highest BCUT2D eigenvalue weighted by molar-refractivity contribution is 5.52. The third-order valence-corrected chi connectivity index (χ3v) is 3.00. The summed E-state index contributed by atoms with van der Waals surface area (Å²) in [4.78, 5) is 0. The van der Waals surface area contributed by atoms with Crippen molar-refractivity contribution in [3.05, 3.63) is 23.3 Å². The Morgan fingerprint density at radius 2 is 1.84 bits per heavy atom. The lowest BCUT2D eigenvalue weighted by atomic mass is 9.99. The van der Waals surface area contributed by atoms with E-state index in [2.05, 4.69) is 0 Å². The number of hydrogen-bond donors (Lipinski definition) is 1. The molecular weight excluding hydrogens is 259 g/mol. The van der Waals surface area contributed by atoms with Gasteiger partial charge in [0.2, 0.25) is 0 Å². The standard InChI is InChI=1S/C13H16F3NO2/c14-13(15,16)10-4-5-11-12(19-8-7-18-11)9(10)3-1-2-6-17/h4-5H,1-3,6-8,17H2. The van der Waals surface area contributed by atoms with Crippen molar-refractivity contribution in [1.29, 1.82) is 0 Å². The number of rotatable bonds is 4. The van der Waals surface area contributed by atoms with Crippen molar-refractivity contribution in [1.82, 2.24) is 0 Å². The lowest BCUT2D eigenvalue weighted by Crippen LogP contribution is -2.19. The van der Waals surface area contributed by atoms with Crippen LogP contribution < -0.4 is 15.2 Å². The Morgan fingerprint density at radius 1 is 1.11 bits per heavy atom. The van der Waals surface area contributed by atoms with Crippen molar-refractivity contribution in [2.24, 2.45) is 5.73 Å². The highest BCUT2D eigenvalue weighted by Crippen LogP contribution is 2.42. The van der Waals surface area contributed by atoms with Crippen molar-refractivity contribution < 1.29 is 22.6 Å².